The van der Waals surface area contributed by atoms with Crippen molar-refractivity contribution in [3.05, 3.63) is 23.3 Å². The van der Waals surface area contributed by atoms with Crippen molar-refractivity contribution in [3.63, 3.8) is 0 Å². The molecule has 0 saturated heterocycles. The van der Waals surface area contributed by atoms with E-state index in [0.717, 1.165) is 0 Å². The number of aliphatic hydroxyl groups excluding tert-OH is 1. The van der Waals surface area contributed by atoms with E-state index < -0.39 is 8.32 Å². The first-order chi connectivity index (χ1) is 8.49. The molecule has 0 aliphatic heterocycles. The second kappa shape index (κ2) is 7.41. The minimum Gasteiger partial charge on any atom is -0.413 e. The van der Waals surface area contributed by atoms with Gasteiger partial charge in [-0.05, 0) is 43.5 Å². The highest BCUT2D eigenvalue weighted by Gasteiger charge is 2.36. The third-order valence-electron chi connectivity index (χ3n) is 3.78. The molecule has 0 aromatic rings. The predicted octanol–water partition coefficient (Wildman–Crippen LogP) is 4.53. The van der Waals surface area contributed by atoms with E-state index in [1.165, 1.54) is 11.1 Å². The molecule has 1 atom stereocenters. The maximum absolute atomic E-state index is 9.03. The molecule has 1 N–H and O–H groups in total. The van der Waals surface area contributed by atoms with Gasteiger partial charge in [0.2, 0.25) is 0 Å². The highest BCUT2D eigenvalue weighted by atomic mass is 28.4. The van der Waals surface area contributed by atoms with Gasteiger partial charge in [0, 0.05) is 6.61 Å². The Labute approximate surface area is 120 Å². The number of hydrogen-bond acceptors (Lipinski definition) is 2. The zero-order valence-corrected chi connectivity index (χ0v) is 15.0. The molecule has 0 aliphatic rings. The average molecular weight is 285 g/mol. The lowest BCUT2D eigenvalue weighted by Gasteiger charge is -2.36. The molecular formula is C16H32O2Si. The summed E-state index contributed by atoms with van der Waals surface area (Å²) in [5, 5.41) is 9.29. The van der Waals surface area contributed by atoms with E-state index in [2.05, 4.69) is 59.9 Å². The van der Waals surface area contributed by atoms with Gasteiger partial charge >= 0.3 is 0 Å². The summed E-state index contributed by atoms with van der Waals surface area (Å²) in [7, 11) is -1.66. The van der Waals surface area contributed by atoms with E-state index in [0.29, 0.717) is 6.61 Å². The van der Waals surface area contributed by atoms with Crippen molar-refractivity contribution >= 4 is 8.32 Å². The molecule has 0 heterocycles. The van der Waals surface area contributed by atoms with Crippen LogP contribution >= 0.6 is 0 Å². The van der Waals surface area contributed by atoms with Gasteiger partial charge in [-0.15, -0.1) is 0 Å². The van der Waals surface area contributed by atoms with E-state index in [1.807, 2.05) is 6.92 Å². The summed E-state index contributed by atoms with van der Waals surface area (Å²) in [6.45, 7) is 18.4. The highest BCUT2D eigenvalue weighted by molar-refractivity contribution is 6.74. The first-order valence-corrected chi connectivity index (χ1v) is 10.0. The molecule has 19 heavy (non-hydrogen) atoms. The van der Waals surface area contributed by atoms with Gasteiger partial charge < -0.3 is 9.53 Å². The van der Waals surface area contributed by atoms with Crippen LogP contribution in [0.5, 0.6) is 0 Å². The predicted molar refractivity (Wildman–Crippen MR) is 86.9 cm³/mol. The van der Waals surface area contributed by atoms with Crippen LogP contribution in [0.1, 0.15) is 41.5 Å². The molecular weight excluding hydrogens is 252 g/mol. The SMILES string of the molecule is CC(=C/C(C)CO)/C=C(/C)CO[Si](C)(C)C(C)(C)C. The quantitative estimate of drug-likeness (QED) is 0.573. The van der Waals surface area contributed by atoms with Crippen LogP contribution in [0.15, 0.2) is 23.3 Å². The van der Waals surface area contributed by atoms with Crippen molar-refractivity contribution in [1.82, 2.24) is 0 Å². The average Bonchev–Trinajstić information content (AvgIpc) is 2.24. The maximum atomic E-state index is 9.03. The monoisotopic (exact) mass is 284 g/mol. The second-order valence-corrected chi connectivity index (χ2v) is 11.9. The molecule has 112 valence electrons. The van der Waals surface area contributed by atoms with Crippen LogP contribution in [-0.4, -0.2) is 26.6 Å². The number of aliphatic hydroxyl groups is 1. The molecule has 3 heteroatoms. The molecule has 0 bridgehead atoms. The number of rotatable bonds is 6. The Hall–Kier alpha value is -0.383. The lowest BCUT2D eigenvalue weighted by molar-refractivity contribution is 0.261. The van der Waals surface area contributed by atoms with Crippen molar-refractivity contribution < 1.29 is 9.53 Å². The van der Waals surface area contributed by atoms with Gasteiger partial charge in [0.25, 0.3) is 0 Å². The summed E-state index contributed by atoms with van der Waals surface area (Å²) < 4.78 is 6.18. The lowest BCUT2D eigenvalue weighted by atomic mass is 10.1. The third kappa shape index (κ3) is 7.09. The van der Waals surface area contributed by atoms with Crippen molar-refractivity contribution in [2.75, 3.05) is 13.2 Å². The zero-order valence-electron chi connectivity index (χ0n) is 14.0. The fourth-order valence-corrected chi connectivity index (χ4v) is 2.51. The molecule has 0 aromatic heterocycles. The minimum absolute atomic E-state index is 0.199. The van der Waals surface area contributed by atoms with E-state index in [-0.39, 0.29) is 17.6 Å². The first kappa shape index (κ1) is 18.6. The molecule has 0 saturated carbocycles. The molecule has 2 nitrogen and oxygen atoms in total. The van der Waals surface area contributed by atoms with Gasteiger partial charge in [-0.1, -0.05) is 45.4 Å². The fourth-order valence-electron chi connectivity index (χ4n) is 1.49. The zero-order chi connectivity index (χ0) is 15.3. The number of allylic oxidation sites excluding steroid dienone is 2. The highest BCUT2D eigenvalue weighted by Crippen LogP contribution is 2.36. The summed E-state index contributed by atoms with van der Waals surface area (Å²) in [5.74, 6) is 0.213. The lowest BCUT2D eigenvalue weighted by Crippen LogP contribution is -2.41. The summed E-state index contributed by atoms with van der Waals surface area (Å²) in [6, 6.07) is 0. The summed E-state index contributed by atoms with van der Waals surface area (Å²) in [4.78, 5) is 0. The molecule has 0 fully saturated rings. The standard InChI is InChI=1S/C16H32O2Si/c1-13(9-14(2)11-17)10-15(3)12-18-19(7,8)16(4,5)6/h9-10,14,17H,11-12H2,1-8H3/b13-9-,15-10-. The van der Waals surface area contributed by atoms with Crippen molar-refractivity contribution in [2.45, 2.75) is 59.7 Å². The number of hydrogen-bond donors (Lipinski definition) is 1. The Morgan fingerprint density at radius 3 is 2.21 bits per heavy atom. The summed E-state index contributed by atoms with van der Waals surface area (Å²) >= 11 is 0. The van der Waals surface area contributed by atoms with Crippen molar-refractivity contribution in [2.24, 2.45) is 5.92 Å². The second-order valence-electron chi connectivity index (χ2n) is 7.11. The summed E-state index contributed by atoms with van der Waals surface area (Å²) in [6.07, 6.45) is 4.25. The molecule has 1 unspecified atom stereocenters. The van der Waals surface area contributed by atoms with Crippen LogP contribution in [0, 0.1) is 5.92 Å². The minimum atomic E-state index is -1.66. The van der Waals surface area contributed by atoms with E-state index >= 15 is 0 Å². The van der Waals surface area contributed by atoms with Crippen LogP contribution in [-0.2, 0) is 4.43 Å². The van der Waals surface area contributed by atoms with Crippen molar-refractivity contribution in [1.29, 1.82) is 0 Å². The van der Waals surface area contributed by atoms with E-state index in [4.69, 9.17) is 9.53 Å². The molecule has 0 radical (unpaired) electrons. The Morgan fingerprint density at radius 1 is 1.26 bits per heavy atom. The maximum Gasteiger partial charge on any atom is 0.192 e. The molecule has 0 aromatic carbocycles. The summed E-state index contributed by atoms with van der Waals surface area (Å²) in [5.41, 5.74) is 2.43. The van der Waals surface area contributed by atoms with Gasteiger partial charge in [-0.2, -0.15) is 0 Å². The fraction of sp³-hybridized carbons (Fsp3) is 0.750. The van der Waals surface area contributed by atoms with Gasteiger partial charge in [0.15, 0.2) is 8.32 Å². The topological polar surface area (TPSA) is 29.5 Å². The van der Waals surface area contributed by atoms with Crippen LogP contribution in [0.2, 0.25) is 18.1 Å². The normalized spacial score (nSPS) is 16.7. The largest absolute Gasteiger partial charge is 0.413 e. The van der Waals surface area contributed by atoms with Crippen molar-refractivity contribution in [3.8, 4) is 0 Å². The first-order valence-electron chi connectivity index (χ1n) is 7.10. The van der Waals surface area contributed by atoms with Gasteiger partial charge in [0.1, 0.15) is 0 Å². The van der Waals surface area contributed by atoms with E-state index in [9.17, 15) is 0 Å². The molecule has 0 aliphatic carbocycles. The Kier molecular flexibility index (Phi) is 7.26. The van der Waals surface area contributed by atoms with Gasteiger partial charge in [-0.3, -0.25) is 0 Å². The third-order valence-corrected chi connectivity index (χ3v) is 8.25. The molecule has 0 rings (SSSR count). The Bertz CT molecular complexity index is 335. The Balaban J connectivity index is 4.55. The molecule has 0 spiro atoms. The van der Waals surface area contributed by atoms with Crippen LogP contribution in [0.4, 0.5) is 0 Å². The van der Waals surface area contributed by atoms with Gasteiger partial charge in [-0.25, -0.2) is 0 Å². The molecule has 0 amide bonds. The Morgan fingerprint density at radius 2 is 1.79 bits per heavy atom. The van der Waals surface area contributed by atoms with Gasteiger partial charge in [0.05, 0.1) is 6.61 Å². The smallest absolute Gasteiger partial charge is 0.192 e. The van der Waals surface area contributed by atoms with Crippen LogP contribution in [0.3, 0.4) is 0 Å². The van der Waals surface area contributed by atoms with Crippen LogP contribution < -0.4 is 0 Å². The van der Waals surface area contributed by atoms with E-state index in [1.54, 1.807) is 0 Å². The van der Waals surface area contributed by atoms with Crippen LogP contribution in [0.25, 0.3) is 0 Å².